The molecular weight excluding hydrogens is 387 g/mol. The van der Waals surface area contributed by atoms with Crippen molar-refractivity contribution in [3.05, 3.63) is 37.0 Å². The van der Waals surface area contributed by atoms with Crippen molar-refractivity contribution in [1.82, 2.24) is 9.97 Å². The number of aromatic nitrogens is 2. The zero-order valence-electron chi connectivity index (χ0n) is 9.58. The molecule has 0 bridgehead atoms. The van der Waals surface area contributed by atoms with E-state index in [-0.39, 0.29) is 24.5 Å². The minimum absolute atomic E-state index is 0.139. The van der Waals surface area contributed by atoms with Gasteiger partial charge in [-0.1, -0.05) is 34.8 Å². The van der Waals surface area contributed by atoms with Crippen molar-refractivity contribution in [1.29, 1.82) is 0 Å². The van der Waals surface area contributed by atoms with Gasteiger partial charge in [-0.2, -0.15) is 0 Å². The number of hydrogen-bond acceptors (Lipinski definition) is 7. The van der Waals surface area contributed by atoms with Gasteiger partial charge in [-0.3, -0.25) is 14.8 Å². The molecule has 0 fully saturated rings. The molecule has 0 spiro atoms. The number of nitrogens with one attached hydrogen (secondary N) is 1. The van der Waals surface area contributed by atoms with Crippen LogP contribution < -0.4 is 4.72 Å². The van der Waals surface area contributed by atoms with E-state index in [1.807, 2.05) is 0 Å². The van der Waals surface area contributed by atoms with E-state index < -0.39 is 20.6 Å². The first-order chi connectivity index (χ1) is 9.72. The summed E-state index contributed by atoms with van der Waals surface area (Å²) in [6.45, 7) is 0. The van der Waals surface area contributed by atoms with Crippen LogP contribution in [0.2, 0.25) is 14.5 Å². The van der Waals surface area contributed by atoms with Crippen LogP contribution in [0.1, 0.15) is 0 Å². The van der Waals surface area contributed by atoms with E-state index in [0.29, 0.717) is 11.3 Å². The van der Waals surface area contributed by atoms with E-state index in [4.69, 9.17) is 34.8 Å². The highest BCUT2D eigenvalue weighted by Crippen LogP contribution is 2.37. The molecule has 0 saturated carbocycles. The molecule has 13 heteroatoms. The number of halogens is 3. The Bertz CT molecular complexity index is 823. The van der Waals surface area contributed by atoms with Gasteiger partial charge in [0, 0.05) is 6.07 Å². The number of rotatable bonds is 4. The maximum absolute atomic E-state index is 12.1. The second-order valence-electron chi connectivity index (χ2n) is 3.41. The molecule has 8 nitrogen and oxygen atoms in total. The SMILES string of the molecule is O=[N+]([O-])c1cc(S(=O)(=O)Nc2ncnc(Cl)c2Cl)sc1Cl. The number of sulfonamides is 1. The van der Waals surface area contributed by atoms with E-state index in [1.54, 1.807) is 0 Å². The Balaban J connectivity index is 2.41. The Labute approximate surface area is 136 Å². The molecule has 0 saturated heterocycles. The fourth-order valence-electron chi connectivity index (χ4n) is 1.19. The van der Waals surface area contributed by atoms with Gasteiger partial charge in [-0.25, -0.2) is 18.4 Å². The van der Waals surface area contributed by atoms with Crippen LogP contribution >= 0.6 is 46.1 Å². The third-order valence-corrected chi connectivity index (χ3v) is 5.98. The molecule has 2 aromatic rings. The zero-order valence-corrected chi connectivity index (χ0v) is 13.5. The van der Waals surface area contributed by atoms with Gasteiger partial charge in [0.15, 0.2) is 15.3 Å². The van der Waals surface area contributed by atoms with E-state index in [1.165, 1.54) is 0 Å². The first-order valence-electron chi connectivity index (χ1n) is 4.85. The van der Waals surface area contributed by atoms with Crippen LogP contribution in [-0.2, 0) is 10.0 Å². The minimum Gasteiger partial charge on any atom is -0.261 e. The summed E-state index contributed by atoms with van der Waals surface area (Å²) in [6, 6.07) is 0.839. The van der Waals surface area contributed by atoms with Gasteiger partial charge in [0.05, 0.1) is 4.92 Å². The largest absolute Gasteiger partial charge is 0.300 e. The van der Waals surface area contributed by atoms with Gasteiger partial charge in [0.25, 0.3) is 15.7 Å². The Morgan fingerprint density at radius 2 is 1.95 bits per heavy atom. The Hall–Kier alpha value is -1.20. The number of hydrogen-bond donors (Lipinski definition) is 1. The summed E-state index contributed by atoms with van der Waals surface area (Å²) in [6.07, 6.45) is 1.01. The highest BCUT2D eigenvalue weighted by Gasteiger charge is 2.26. The van der Waals surface area contributed by atoms with E-state index in [9.17, 15) is 18.5 Å². The van der Waals surface area contributed by atoms with Gasteiger partial charge >= 0.3 is 0 Å². The summed E-state index contributed by atoms with van der Waals surface area (Å²) in [4.78, 5) is 17.1. The van der Waals surface area contributed by atoms with Crippen LogP contribution in [0.15, 0.2) is 16.6 Å². The molecule has 0 unspecified atom stereocenters. The topological polar surface area (TPSA) is 115 Å². The molecule has 2 aromatic heterocycles. The van der Waals surface area contributed by atoms with Crippen molar-refractivity contribution < 1.29 is 13.3 Å². The summed E-state index contributed by atoms with van der Waals surface area (Å²) >= 11 is 17.5. The molecule has 0 aliphatic carbocycles. The van der Waals surface area contributed by atoms with Crippen molar-refractivity contribution in [3.63, 3.8) is 0 Å². The molecule has 112 valence electrons. The van der Waals surface area contributed by atoms with E-state index >= 15 is 0 Å². The lowest BCUT2D eigenvalue weighted by Crippen LogP contribution is -2.13. The van der Waals surface area contributed by atoms with Crippen molar-refractivity contribution in [3.8, 4) is 0 Å². The van der Waals surface area contributed by atoms with Crippen LogP contribution in [0.4, 0.5) is 11.5 Å². The predicted octanol–water partition coefficient (Wildman–Crippen LogP) is 3.21. The number of nitrogens with zero attached hydrogens (tertiary/aromatic N) is 3. The summed E-state index contributed by atoms with van der Waals surface area (Å²) in [5.74, 6) is -0.246. The molecule has 0 aliphatic rings. The quantitative estimate of drug-likeness (QED) is 0.488. The predicted molar refractivity (Wildman–Crippen MR) is 78.8 cm³/mol. The summed E-state index contributed by atoms with van der Waals surface area (Å²) < 4.78 is 25.7. The first kappa shape index (κ1) is 16.2. The summed E-state index contributed by atoms with van der Waals surface area (Å²) in [5.41, 5.74) is -0.506. The van der Waals surface area contributed by atoms with Crippen LogP contribution in [0.5, 0.6) is 0 Å². The maximum atomic E-state index is 12.1. The van der Waals surface area contributed by atoms with Crippen LogP contribution in [-0.4, -0.2) is 23.3 Å². The fourth-order valence-corrected chi connectivity index (χ4v) is 4.21. The average Bonchev–Trinajstić information content (AvgIpc) is 2.78. The third kappa shape index (κ3) is 3.35. The van der Waals surface area contributed by atoms with Crippen molar-refractivity contribution in [2.75, 3.05) is 4.72 Å². The smallest absolute Gasteiger partial charge is 0.261 e. The van der Waals surface area contributed by atoms with Gasteiger partial charge in [0.2, 0.25) is 0 Å². The van der Waals surface area contributed by atoms with Crippen molar-refractivity contribution in [2.24, 2.45) is 0 Å². The highest BCUT2D eigenvalue weighted by molar-refractivity contribution is 7.94. The minimum atomic E-state index is -4.14. The Kier molecular flexibility index (Phi) is 4.54. The van der Waals surface area contributed by atoms with Gasteiger partial charge in [-0.05, 0) is 0 Å². The summed E-state index contributed by atoms with van der Waals surface area (Å²) in [5, 5.41) is 10.3. The second-order valence-corrected chi connectivity index (χ2v) is 7.71. The molecule has 21 heavy (non-hydrogen) atoms. The van der Waals surface area contributed by atoms with Gasteiger partial charge in [-0.15, -0.1) is 11.3 Å². The van der Waals surface area contributed by atoms with Crippen LogP contribution in [0, 0.1) is 10.1 Å². The third-order valence-electron chi connectivity index (χ3n) is 2.09. The highest BCUT2D eigenvalue weighted by atomic mass is 35.5. The monoisotopic (exact) mass is 388 g/mol. The normalized spacial score (nSPS) is 11.4. The molecule has 1 N–H and O–H groups in total. The molecular formula is C8H3Cl3N4O4S2. The molecule has 0 aliphatic heterocycles. The average molecular weight is 390 g/mol. The van der Waals surface area contributed by atoms with Gasteiger partial charge < -0.3 is 0 Å². The number of anilines is 1. The van der Waals surface area contributed by atoms with Crippen LogP contribution in [0.3, 0.4) is 0 Å². The van der Waals surface area contributed by atoms with E-state index in [0.717, 1.165) is 12.4 Å². The lowest BCUT2D eigenvalue weighted by molar-refractivity contribution is -0.384. The number of thiophene rings is 1. The first-order valence-corrected chi connectivity index (χ1v) is 8.28. The molecule has 0 atom stereocenters. The molecule has 0 aromatic carbocycles. The summed E-state index contributed by atoms with van der Waals surface area (Å²) in [7, 11) is -4.14. The van der Waals surface area contributed by atoms with Crippen molar-refractivity contribution in [2.45, 2.75) is 4.21 Å². The maximum Gasteiger partial charge on any atom is 0.300 e. The lowest BCUT2D eigenvalue weighted by Gasteiger charge is -2.06. The zero-order chi connectivity index (χ0) is 15.8. The van der Waals surface area contributed by atoms with Gasteiger partial charge in [0.1, 0.15) is 15.6 Å². The second kappa shape index (κ2) is 5.89. The molecule has 0 radical (unpaired) electrons. The molecule has 0 amide bonds. The lowest BCUT2D eigenvalue weighted by atomic mass is 10.6. The molecule has 2 rings (SSSR count). The van der Waals surface area contributed by atoms with E-state index in [2.05, 4.69) is 14.7 Å². The molecule has 2 heterocycles. The fraction of sp³-hybridized carbons (Fsp3) is 0. The van der Waals surface area contributed by atoms with Crippen molar-refractivity contribution >= 4 is 67.7 Å². The Morgan fingerprint density at radius 3 is 2.52 bits per heavy atom. The van der Waals surface area contributed by atoms with Crippen LogP contribution in [0.25, 0.3) is 0 Å². The Morgan fingerprint density at radius 1 is 1.29 bits per heavy atom. The standard InChI is InChI=1S/C8H3Cl3N4O4S2/c9-5-6(10)12-2-13-8(5)14-21(18,19)4-1-3(15(16)17)7(11)20-4/h1-2H,(H,12,13,14). The number of nitro groups is 1.